The average molecular weight is 504 g/mol. The van der Waals surface area contributed by atoms with Gasteiger partial charge in [-0.3, -0.25) is 4.99 Å². The predicted molar refractivity (Wildman–Crippen MR) is 122 cm³/mol. The number of likely N-dealkylation sites (tertiary alicyclic amines) is 1. The maximum absolute atomic E-state index is 12.0. The van der Waals surface area contributed by atoms with Crippen LogP contribution in [-0.4, -0.2) is 55.3 Å². The zero-order valence-corrected chi connectivity index (χ0v) is 19.8. The third kappa shape index (κ3) is 7.83. The lowest BCUT2D eigenvalue weighted by Crippen LogP contribution is -2.63. The fraction of sp³-hybridized carbons (Fsp3) is 0.600. The van der Waals surface area contributed by atoms with Gasteiger partial charge in [-0.25, -0.2) is 4.79 Å². The molecule has 0 atom stereocenters. The van der Waals surface area contributed by atoms with E-state index < -0.39 is 5.60 Å². The van der Waals surface area contributed by atoms with E-state index in [0.29, 0.717) is 32.8 Å². The Bertz CT molecular complexity index is 655. The highest BCUT2D eigenvalue weighted by atomic mass is 127. The fourth-order valence-corrected chi connectivity index (χ4v) is 2.70. The van der Waals surface area contributed by atoms with Crippen LogP contribution in [0.15, 0.2) is 29.3 Å². The molecule has 0 spiro atoms. The third-order valence-corrected chi connectivity index (χ3v) is 4.12. The largest absolute Gasteiger partial charge is 0.444 e. The quantitative estimate of drug-likeness (QED) is 0.354. The Balaban J connectivity index is 0.00000392. The number of nitrogens with one attached hydrogen (secondary N) is 2. The fourth-order valence-electron chi connectivity index (χ4n) is 2.70. The molecule has 158 valence electrons. The Morgan fingerprint density at radius 1 is 1.25 bits per heavy atom. The van der Waals surface area contributed by atoms with Gasteiger partial charge in [-0.1, -0.05) is 24.3 Å². The van der Waals surface area contributed by atoms with Crippen LogP contribution in [0.2, 0.25) is 0 Å². The van der Waals surface area contributed by atoms with E-state index in [4.69, 9.17) is 9.47 Å². The van der Waals surface area contributed by atoms with Gasteiger partial charge >= 0.3 is 6.09 Å². The van der Waals surface area contributed by atoms with Crippen molar-refractivity contribution in [3.05, 3.63) is 35.4 Å². The molecule has 0 saturated carbocycles. The first-order chi connectivity index (χ1) is 12.8. The highest BCUT2D eigenvalue weighted by molar-refractivity contribution is 14.0. The van der Waals surface area contributed by atoms with Crippen LogP contribution < -0.4 is 10.6 Å². The lowest BCUT2D eigenvalue weighted by Gasteiger charge is -2.40. The van der Waals surface area contributed by atoms with Crippen LogP contribution in [0.25, 0.3) is 0 Å². The Hall–Kier alpha value is -1.55. The zero-order valence-electron chi connectivity index (χ0n) is 17.4. The summed E-state index contributed by atoms with van der Waals surface area (Å²) in [7, 11) is 1.74. The molecule has 0 aliphatic carbocycles. The Morgan fingerprint density at radius 3 is 2.46 bits per heavy atom. The lowest BCUT2D eigenvalue weighted by molar-refractivity contribution is 0.00701. The van der Waals surface area contributed by atoms with Gasteiger partial charge in [-0.15, -0.1) is 24.0 Å². The number of nitrogens with zero attached hydrogens (tertiary/aromatic N) is 2. The van der Waals surface area contributed by atoms with Crippen molar-refractivity contribution in [3.63, 3.8) is 0 Å². The highest BCUT2D eigenvalue weighted by Gasteiger charge is 2.34. The third-order valence-electron chi connectivity index (χ3n) is 4.12. The monoisotopic (exact) mass is 504 g/mol. The van der Waals surface area contributed by atoms with Crippen LogP contribution >= 0.6 is 24.0 Å². The number of halogens is 1. The summed E-state index contributed by atoms with van der Waals surface area (Å²) in [6.07, 6.45) is -0.270. The molecular formula is C20H33IN4O3. The van der Waals surface area contributed by atoms with Crippen molar-refractivity contribution < 1.29 is 14.3 Å². The molecule has 1 aromatic carbocycles. The number of carbonyl (C=O) groups excluding carboxylic acids is 1. The Morgan fingerprint density at radius 2 is 1.89 bits per heavy atom. The van der Waals surface area contributed by atoms with E-state index in [1.807, 2.05) is 39.8 Å². The number of hydrogen-bond acceptors (Lipinski definition) is 4. The summed E-state index contributed by atoms with van der Waals surface area (Å²) in [5.41, 5.74) is 1.88. The lowest BCUT2D eigenvalue weighted by atomic mass is 10.1. The minimum absolute atomic E-state index is 0. The number of guanidine groups is 1. The van der Waals surface area contributed by atoms with Crippen molar-refractivity contribution in [1.82, 2.24) is 15.5 Å². The molecule has 1 fully saturated rings. The van der Waals surface area contributed by atoms with Gasteiger partial charge in [0, 0.05) is 33.3 Å². The number of rotatable bonds is 6. The van der Waals surface area contributed by atoms with Crippen LogP contribution in [-0.2, 0) is 22.6 Å². The SMILES string of the molecule is CCOCc1ccccc1CNC(=NC)NC1CN(C(=O)OC(C)(C)C)C1.I. The molecule has 0 radical (unpaired) electrons. The van der Waals surface area contributed by atoms with Gasteiger partial charge in [0.25, 0.3) is 0 Å². The van der Waals surface area contributed by atoms with Crippen molar-refractivity contribution >= 4 is 36.0 Å². The van der Waals surface area contributed by atoms with Crippen LogP contribution in [0.1, 0.15) is 38.8 Å². The molecular weight excluding hydrogens is 471 g/mol. The van der Waals surface area contributed by atoms with Crippen LogP contribution in [0.5, 0.6) is 0 Å². The summed E-state index contributed by atoms with van der Waals surface area (Å²) in [6.45, 7) is 10.8. The number of hydrogen-bond donors (Lipinski definition) is 2. The number of amides is 1. The number of carbonyl (C=O) groups is 1. The van der Waals surface area contributed by atoms with E-state index in [9.17, 15) is 4.79 Å². The minimum Gasteiger partial charge on any atom is -0.444 e. The Kier molecular flexibility index (Phi) is 10.0. The molecule has 0 bridgehead atoms. The van der Waals surface area contributed by atoms with E-state index in [0.717, 1.165) is 5.96 Å². The molecule has 0 unspecified atom stereocenters. The van der Waals surface area contributed by atoms with Gasteiger partial charge < -0.3 is 25.0 Å². The second-order valence-corrected chi connectivity index (χ2v) is 7.56. The molecule has 2 N–H and O–H groups in total. The van der Waals surface area contributed by atoms with Gasteiger partial charge in [0.2, 0.25) is 0 Å². The predicted octanol–water partition coefficient (Wildman–Crippen LogP) is 3.13. The first-order valence-corrected chi connectivity index (χ1v) is 9.42. The number of ether oxygens (including phenoxy) is 2. The Labute approximate surface area is 185 Å². The molecule has 1 aromatic rings. The standard InChI is InChI=1S/C20H32N4O3.HI/c1-6-26-14-16-10-8-7-9-15(16)11-22-18(21-5)23-17-12-24(13-17)19(25)27-20(2,3)4;/h7-10,17H,6,11-14H2,1-5H3,(H2,21,22,23);1H. The van der Waals surface area contributed by atoms with Gasteiger partial charge in [0.05, 0.1) is 12.6 Å². The second-order valence-electron chi connectivity index (χ2n) is 7.56. The van der Waals surface area contributed by atoms with E-state index in [1.165, 1.54) is 11.1 Å². The maximum atomic E-state index is 12.0. The number of benzene rings is 1. The normalized spacial score (nSPS) is 14.8. The summed E-state index contributed by atoms with van der Waals surface area (Å²) in [5.74, 6) is 0.718. The maximum Gasteiger partial charge on any atom is 0.410 e. The first-order valence-electron chi connectivity index (χ1n) is 9.42. The van der Waals surface area contributed by atoms with Gasteiger partial charge in [-0.2, -0.15) is 0 Å². The molecule has 1 aliphatic heterocycles. The summed E-state index contributed by atoms with van der Waals surface area (Å²) in [5, 5.41) is 6.67. The summed E-state index contributed by atoms with van der Waals surface area (Å²) in [4.78, 5) is 18.0. The van der Waals surface area contributed by atoms with Crippen molar-refractivity contribution in [1.29, 1.82) is 0 Å². The minimum atomic E-state index is -0.470. The van der Waals surface area contributed by atoms with Crippen molar-refractivity contribution in [2.75, 3.05) is 26.7 Å². The molecule has 0 aromatic heterocycles. The van der Waals surface area contributed by atoms with Crippen LogP contribution in [0.4, 0.5) is 4.79 Å². The van der Waals surface area contributed by atoms with Gasteiger partial charge in [0.15, 0.2) is 5.96 Å². The topological polar surface area (TPSA) is 75.2 Å². The molecule has 7 nitrogen and oxygen atoms in total. The molecule has 1 aliphatic rings. The van der Waals surface area contributed by atoms with Crippen LogP contribution in [0.3, 0.4) is 0 Å². The summed E-state index contributed by atoms with van der Waals surface area (Å²) in [6, 6.07) is 8.37. The summed E-state index contributed by atoms with van der Waals surface area (Å²) < 4.78 is 10.9. The van der Waals surface area contributed by atoms with Crippen molar-refractivity contribution in [2.24, 2.45) is 4.99 Å². The smallest absolute Gasteiger partial charge is 0.410 e. The molecule has 2 rings (SSSR count). The molecule has 8 heteroatoms. The molecule has 1 heterocycles. The first kappa shape index (κ1) is 24.5. The molecule has 28 heavy (non-hydrogen) atoms. The van der Waals surface area contributed by atoms with E-state index >= 15 is 0 Å². The average Bonchev–Trinajstić information content (AvgIpc) is 2.57. The van der Waals surface area contributed by atoms with E-state index in [1.54, 1.807) is 11.9 Å². The summed E-state index contributed by atoms with van der Waals surface area (Å²) >= 11 is 0. The van der Waals surface area contributed by atoms with E-state index in [2.05, 4.69) is 27.8 Å². The molecule has 1 saturated heterocycles. The molecule has 1 amide bonds. The van der Waals surface area contributed by atoms with E-state index in [-0.39, 0.29) is 36.1 Å². The van der Waals surface area contributed by atoms with Crippen molar-refractivity contribution in [2.45, 2.75) is 52.5 Å². The zero-order chi connectivity index (χ0) is 19.9. The number of aliphatic imine (C=N–C) groups is 1. The van der Waals surface area contributed by atoms with Gasteiger partial charge in [0.1, 0.15) is 5.60 Å². The highest BCUT2D eigenvalue weighted by Crippen LogP contribution is 2.15. The van der Waals surface area contributed by atoms with Crippen molar-refractivity contribution in [3.8, 4) is 0 Å². The second kappa shape index (κ2) is 11.5. The van der Waals surface area contributed by atoms with Gasteiger partial charge in [-0.05, 0) is 38.8 Å². The van der Waals surface area contributed by atoms with Crippen LogP contribution in [0, 0.1) is 0 Å².